The Bertz CT molecular complexity index is 422. The van der Waals surface area contributed by atoms with Gasteiger partial charge in [0.15, 0.2) is 0 Å². The molecular weight excluding hydrogens is 282 g/mol. The summed E-state index contributed by atoms with van der Waals surface area (Å²) < 4.78 is 9.38. The monoisotopic (exact) mass is 305 g/mol. The lowest BCUT2D eigenvalue weighted by Crippen LogP contribution is -2.14. The number of carbonyl (C=O) groups is 2. The fraction of sp³-hybridized carbons (Fsp3) is 0.235. The number of carbonyl (C=O) groups excluding carboxylic acids is 2. The third-order valence-corrected chi connectivity index (χ3v) is 1.50. The zero-order valence-corrected chi connectivity index (χ0v) is 13.3. The molecular formula is C17H23NO4. The summed E-state index contributed by atoms with van der Waals surface area (Å²) in [6.45, 7) is 19.8. The van der Waals surface area contributed by atoms with Crippen molar-refractivity contribution in [3.63, 3.8) is 0 Å². The van der Waals surface area contributed by atoms with Crippen LogP contribution in [0, 0.1) is 11.3 Å². The molecule has 0 rings (SSSR count). The fourth-order valence-electron chi connectivity index (χ4n) is 0.515. The Balaban J connectivity index is -0.000000372. The summed E-state index contributed by atoms with van der Waals surface area (Å²) in [4.78, 5) is 21.7. The minimum atomic E-state index is -0.489. The quantitative estimate of drug-likeness (QED) is 0.247. The molecule has 0 saturated heterocycles. The Kier molecular flexibility index (Phi) is 19.9. The molecule has 0 bridgehead atoms. The van der Waals surface area contributed by atoms with Crippen LogP contribution in [0.1, 0.15) is 13.8 Å². The Hall–Kier alpha value is -2.87. The first-order valence-electron chi connectivity index (χ1n) is 6.17. The average Bonchev–Trinajstić information content (AvgIpc) is 2.51. The Morgan fingerprint density at radius 3 is 1.36 bits per heavy atom. The summed E-state index contributed by atoms with van der Waals surface area (Å²) in [6.07, 6.45) is 4.46. The Labute approximate surface area is 132 Å². The molecule has 0 aliphatic heterocycles. The zero-order chi connectivity index (χ0) is 18.0. The van der Waals surface area contributed by atoms with Crippen molar-refractivity contribution >= 4 is 11.9 Å². The first-order valence-corrected chi connectivity index (χ1v) is 6.17. The molecule has 120 valence electrons. The van der Waals surface area contributed by atoms with Gasteiger partial charge in [0.25, 0.3) is 0 Å². The largest absolute Gasteiger partial charge is 0.459 e. The van der Waals surface area contributed by atoms with Crippen LogP contribution in [0.2, 0.25) is 0 Å². The van der Waals surface area contributed by atoms with Gasteiger partial charge in [-0.2, -0.15) is 5.26 Å². The summed E-state index contributed by atoms with van der Waals surface area (Å²) in [7, 11) is 0. The van der Waals surface area contributed by atoms with Crippen molar-refractivity contribution in [2.75, 3.05) is 13.2 Å². The Morgan fingerprint density at radius 2 is 1.23 bits per heavy atom. The van der Waals surface area contributed by atoms with E-state index in [1.807, 2.05) is 0 Å². The van der Waals surface area contributed by atoms with E-state index < -0.39 is 11.9 Å². The number of esters is 2. The molecule has 0 amide bonds. The van der Waals surface area contributed by atoms with Gasteiger partial charge in [-0.15, -0.1) is 0 Å². The molecule has 0 unspecified atom stereocenters. The summed E-state index contributed by atoms with van der Waals surface area (Å²) in [5.41, 5.74) is 0.632. The minimum absolute atomic E-state index is 0.0325. The third-order valence-electron chi connectivity index (χ3n) is 1.50. The second-order valence-corrected chi connectivity index (χ2v) is 3.64. The Morgan fingerprint density at radius 1 is 0.955 bits per heavy atom. The highest BCUT2D eigenvalue weighted by Gasteiger charge is 2.05. The van der Waals surface area contributed by atoms with Crippen LogP contribution in [0.4, 0.5) is 0 Å². The van der Waals surface area contributed by atoms with Crippen LogP contribution < -0.4 is 0 Å². The van der Waals surface area contributed by atoms with Crippen LogP contribution in [0.15, 0.2) is 62.3 Å². The number of nitriles is 1. The normalized spacial score (nSPS) is 7.32. The summed E-state index contributed by atoms with van der Waals surface area (Å²) in [5, 5.41) is 7.51. The number of hydrogen-bond acceptors (Lipinski definition) is 5. The van der Waals surface area contributed by atoms with Gasteiger partial charge >= 0.3 is 11.9 Å². The van der Waals surface area contributed by atoms with E-state index in [4.69, 9.17) is 5.26 Å². The molecule has 0 radical (unpaired) electrons. The van der Waals surface area contributed by atoms with E-state index in [-0.39, 0.29) is 13.2 Å². The first-order chi connectivity index (χ1) is 10.3. The van der Waals surface area contributed by atoms with Gasteiger partial charge in [-0.25, -0.2) is 9.59 Å². The lowest BCUT2D eigenvalue weighted by atomic mass is 10.4. The standard InChI is InChI=1S/C10H14O4.C4H6.C3H3N/c1-7(2)9(11)13-5-6-14-10(12)8(3)4;1-3-4-2;1-2-3-4/h1,3,5-6H2,2,4H3;3-4H,1-2H2;2H,1H2. The van der Waals surface area contributed by atoms with Gasteiger partial charge in [-0.05, 0) is 13.8 Å². The van der Waals surface area contributed by atoms with Gasteiger partial charge in [0.05, 0.1) is 6.07 Å². The smallest absolute Gasteiger partial charge is 0.333 e. The van der Waals surface area contributed by atoms with Crippen molar-refractivity contribution in [1.29, 1.82) is 5.26 Å². The molecule has 0 saturated carbocycles. The van der Waals surface area contributed by atoms with Gasteiger partial charge in [-0.1, -0.05) is 45.0 Å². The molecule has 0 fully saturated rings. The van der Waals surface area contributed by atoms with E-state index in [9.17, 15) is 9.59 Å². The highest BCUT2D eigenvalue weighted by atomic mass is 16.6. The molecule has 0 aromatic heterocycles. The molecule has 0 heterocycles. The molecule has 0 aromatic rings. The predicted octanol–water partition coefficient (Wildman–Crippen LogP) is 3.28. The number of ether oxygens (including phenoxy) is 2. The topological polar surface area (TPSA) is 76.4 Å². The number of nitrogens with zero attached hydrogens (tertiary/aromatic N) is 1. The molecule has 0 aliphatic carbocycles. The number of allylic oxidation sites excluding steroid dienone is 3. The summed E-state index contributed by atoms with van der Waals surface area (Å²) in [6, 6.07) is 1.69. The van der Waals surface area contributed by atoms with Crippen LogP contribution in [-0.4, -0.2) is 25.2 Å². The zero-order valence-electron chi connectivity index (χ0n) is 13.3. The SMILES string of the molecule is C=C(C)C(=O)OCCOC(=O)C(=C)C.C=CC#N.C=CC=C. The van der Waals surface area contributed by atoms with Crippen molar-refractivity contribution in [1.82, 2.24) is 0 Å². The van der Waals surface area contributed by atoms with Crippen LogP contribution in [0.25, 0.3) is 0 Å². The second-order valence-electron chi connectivity index (χ2n) is 3.64. The molecule has 22 heavy (non-hydrogen) atoms. The predicted molar refractivity (Wildman–Crippen MR) is 87.8 cm³/mol. The van der Waals surface area contributed by atoms with Crippen molar-refractivity contribution in [3.05, 3.63) is 62.3 Å². The minimum Gasteiger partial charge on any atom is -0.459 e. The van der Waals surface area contributed by atoms with Gasteiger partial charge in [0, 0.05) is 17.2 Å². The van der Waals surface area contributed by atoms with Crippen molar-refractivity contribution < 1.29 is 19.1 Å². The van der Waals surface area contributed by atoms with Gasteiger partial charge in [0.1, 0.15) is 13.2 Å². The van der Waals surface area contributed by atoms with E-state index in [0.29, 0.717) is 11.1 Å². The molecule has 0 aromatic carbocycles. The highest BCUT2D eigenvalue weighted by molar-refractivity contribution is 5.87. The summed E-state index contributed by atoms with van der Waals surface area (Å²) >= 11 is 0. The van der Waals surface area contributed by atoms with E-state index in [0.717, 1.165) is 0 Å². The van der Waals surface area contributed by atoms with Crippen LogP contribution in [0.3, 0.4) is 0 Å². The maximum atomic E-state index is 10.8. The van der Waals surface area contributed by atoms with Crippen molar-refractivity contribution in [2.24, 2.45) is 0 Å². The maximum Gasteiger partial charge on any atom is 0.333 e. The van der Waals surface area contributed by atoms with E-state index in [2.05, 4.69) is 42.4 Å². The average molecular weight is 305 g/mol. The van der Waals surface area contributed by atoms with Gasteiger partial charge < -0.3 is 9.47 Å². The van der Waals surface area contributed by atoms with Crippen LogP contribution in [-0.2, 0) is 19.1 Å². The molecule has 5 nitrogen and oxygen atoms in total. The first kappa shape index (κ1) is 24.2. The van der Waals surface area contributed by atoms with Crippen LogP contribution >= 0.6 is 0 Å². The highest BCUT2D eigenvalue weighted by Crippen LogP contribution is 1.94. The number of rotatable bonds is 6. The summed E-state index contributed by atoms with van der Waals surface area (Å²) in [5.74, 6) is -0.979. The van der Waals surface area contributed by atoms with E-state index in [1.54, 1.807) is 32.1 Å². The molecule has 0 atom stereocenters. The van der Waals surface area contributed by atoms with Crippen molar-refractivity contribution in [2.45, 2.75) is 13.8 Å². The fourth-order valence-corrected chi connectivity index (χ4v) is 0.515. The van der Waals surface area contributed by atoms with Gasteiger partial charge in [0.2, 0.25) is 0 Å². The van der Waals surface area contributed by atoms with Crippen molar-refractivity contribution in [3.8, 4) is 6.07 Å². The second kappa shape index (κ2) is 18.1. The van der Waals surface area contributed by atoms with E-state index in [1.165, 1.54) is 6.08 Å². The third kappa shape index (κ3) is 22.3. The molecule has 0 spiro atoms. The van der Waals surface area contributed by atoms with Crippen LogP contribution in [0.5, 0.6) is 0 Å². The lowest BCUT2D eigenvalue weighted by molar-refractivity contribution is -0.147. The molecule has 0 N–H and O–H groups in total. The number of hydrogen-bond donors (Lipinski definition) is 0. The van der Waals surface area contributed by atoms with Gasteiger partial charge in [-0.3, -0.25) is 0 Å². The van der Waals surface area contributed by atoms with E-state index >= 15 is 0 Å². The molecule has 0 aliphatic rings. The maximum absolute atomic E-state index is 10.8. The molecule has 5 heteroatoms. The lowest BCUT2D eigenvalue weighted by Gasteiger charge is -2.05.